The summed E-state index contributed by atoms with van der Waals surface area (Å²) in [7, 11) is 0. The minimum atomic E-state index is -0.0952. The Hall–Kier alpha value is -0.160. The highest BCUT2D eigenvalue weighted by molar-refractivity contribution is 4.80. The van der Waals surface area contributed by atoms with Gasteiger partial charge in [-0.05, 0) is 20.3 Å². The minimum absolute atomic E-state index is 0.0952. The van der Waals surface area contributed by atoms with Crippen LogP contribution in [0, 0.1) is 0 Å². The van der Waals surface area contributed by atoms with Crippen molar-refractivity contribution in [2.24, 2.45) is 5.73 Å². The summed E-state index contributed by atoms with van der Waals surface area (Å²) in [5, 5.41) is 9.68. The first-order valence-electron chi connectivity index (χ1n) is 4.04. The maximum atomic E-state index is 5.87. The first-order valence-corrected chi connectivity index (χ1v) is 4.04. The molecule has 1 aliphatic rings. The van der Waals surface area contributed by atoms with Crippen molar-refractivity contribution in [1.29, 1.82) is 0 Å². The molecule has 1 heterocycles. The van der Waals surface area contributed by atoms with Crippen LogP contribution in [0.4, 0.5) is 0 Å². The van der Waals surface area contributed by atoms with Crippen LogP contribution in [0.3, 0.4) is 0 Å². The SMILES string of the molecule is CC(C)(N)CC1NCNCN1. The maximum absolute atomic E-state index is 5.87. The Morgan fingerprint density at radius 1 is 1.36 bits per heavy atom. The van der Waals surface area contributed by atoms with Crippen LogP contribution in [0.15, 0.2) is 0 Å². The Morgan fingerprint density at radius 3 is 2.36 bits per heavy atom. The maximum Gasteiger partial charge on any atom is 0.0608 e. The normalized spacial score (nSPS) is 22.1. The molecule has 1 rings (SSSR count). The van der Waals surface area contributed by atoms with E-state index in [-0.39, 0.29) is 5.54 Å². The van der Waals surface area contributed by atoms with Gasteiger partial charge in [0.25, 0.3) is 0 Å². The van der Waals surface area contributed by atoms with Gasteiger partial charge < -0.3 is 5.73 Å². The summed E-state index contributed by atoms with van der Waals surface area (Å²) in [6.07, 6.45) is 1.31. The third-order valence-electron chi connectivity index (χ3n) is 1.68. The summed E-state index contributed by atoms with van der Waals surface area (Å²) in [6.45, 7) is 5.82. The highest BCUT2D eigenvalue weighted by Gasteiger charge is 2.19. The summed E-state index contributed by atoms with van der Waals surface area (Å²) in [5.74, 6) is 0. The zero-order valence-corrected chi connectivity index (χ0v) is 7.28. The molecule has 0 spiro atoms. The van der Waals surface area contributed by atoms with Crippen LogP contribution in [0.25, 0.3) is 0 Å². The summed E-state index contributed by atoms with van der Waals surface area (Å²) < 4.78 is 0. The fraction of sp³-hybridized carbons (Fsp3) is 1.00. The van der Waals surface area contributed by atoms with Gasteiger partial charge in [0.2, 0.25) is 0 Å². The van der Waals surface area contributed by atoms with E-state index in [4.69, 9.17) is 5.73 Å². The predicted molar refractivity (Wildman–Crippen MR) is 45.8 cm³/mol. The van der Waals surface area contributed by atoms with Crippen LogP contribution in [-0.4, -0.2) is 25.0 Å². The van der Waals surface area contributed by atoms with E-state index in [9.17, 15) is 0 Å². The third kappa shape index (κ3) is 3.67. The monoisotopic (exact) mass is 158 g/mol. The lowest BCUT2D eigenvalue weighted by atomic mass is 10.0. The van der Waals surface area contributed by atoms with Crippen molar-refractivity contribution >= 4 is 0 Å². The van der Waals surface area contributed by atoms with Gasteiger partial charge in [-0.2, -0.15) is 0 Å². The van der Waals surface area contributed by atoms with Crippen LogP contribution in [0.5, 0.6) is 0 Å². The molecule has 0 unspecified atom stereocenters. The Kier molecular flexibility index (Phi) is 2.84. The zero-order valence-electron chi connectivity index (χ0n) is 7.28. The molecule has 4 nitrogen and oxygen atoms in total. The fourth-order valence-electron chi connectivity index (χ4n) is 1.20. The van der Waals surface area contributed by atoms with E-state index in [0.717, 1.165) is 19.8 Å². The van der Waals surface area contributed by atoms with Gasteiger partial charge in [-0.25, -0.2) is 0 Å². The van der Waals surface area contributed by atoms with Gasteiger partial charge >= 0.3 is 0 Å². The summed E-state index contributed by atoms with van der Waals surface area (Å²) in [5.41, 5.74) is 5.77. The van der Waals surface area contributed by atoms with Gasteiger partial charge in [-0.1, -0.05) is 0 Å². The summed E-state index contributed by atoms with van der Waals surface area (Å²) in [4.78, 5) is 0. The summed E-state index contributed by atoms with van der Waals surface area (Å²) >= 11 is 0. The topological polar surface area (TPSA) is 62.1 Å². The second-order valence-electron chi connectivity index (χ2n) is 3.76. The molecule has 1 aliphatic heterocycles. The standard InChI is InChI=1S/C7H18N4/c1-7(2,8)3-6-10-4-9-5-11-6/h6,9-11H,3-5,8H2,1-2H3. The van der Waals surface area contributed by atoms with Crippen molar-refractivity contribution < 1.29 is 0 Å². The average molecular weight is 158 g/mol. The Balaban J connectivity index is 2.24. The molecular weight excluding hydrogens is 140 g/mol. The Bertz CT molecular complexity index is 112. The van der Waals surface area contributed by atoms with Crippen LogP contribution >= 0.6 is 0 Å². The quantitative estimate of drug-likeness (QED) is 0.422. The van der Waals surface area contributed by atoms with Crippen molar-refractivity contribution in [2.45, 2.75) is 32.0 Å². The highest BCUT2D eigenvalue weighted by Crippen LogP contribution is 2.05. The van der Waals surface area contributed by atoms with E-state index in [1.807, 2.05) is 13.8 Å². The Labute approximate surface area is 67.9 Å². The van der Waals surface area contributed by atoms with Crippen molar-refractivity contribution in [2.75, 3.05) is 13.3 Å². The van der Waals surface area contributed by atoms with Crippen molar-refractivity contribution in [3.8, 4) is 0 Å². The second kappa shape index (κ2) is 3.49. The van der Waals surface area contributed by atoms with Gasteiger partial charge in [0.1, 0.15) is 0 Å². The van der Waals surface area contributed by atoms with Gasteiger partial charge in [0.05, 0.1) is 6.17 Å². The molecule has 1 fully saturated rings. The summed E-state index contributed by atoms with van der Waals surface area (Å²) in [6, 6.07) is 0. The number of nitrogens with one attached hydrogen (secondary N) is 3. The number of hydrogen-bond acceptors (Lipinski definition) is 4. The number of rotatable bonds is 2. The van der Waals surface area contributed by atoms with Crippen LogP contribution in [0.1, 0.15) is 20.3 Å². The molecule has 0 saturated carbocycles. The molecule has 1 saturated heterocycles. The molecule has 5 N–H and O–H groups in total. The first kappa shape index (κ1) is 8.93. The number of nitrogens with two attached hydrogens (primary N) is 1. The molecule has 66 valence electrons. The highest BCUT2D eigenvalue weighted by atomic mass is 15.3. The van der Waals surface area contributed by atoms with Crippen LogP contribution in [0.2, 0.25) is 0 Å². The van der Waals surface area contributed by atoms with Gasteiger partial charge in [0.15, 0.2) is 0 Å². The zero-order chi connectivity index (χ0) is 8.32. The molecule has 11 heavy (non-hydrogen) atoms. The molecule has 0 aromatic heterocycles. The second-order valence-corrected chi connectivity index (χ2v) is 3.76. The first-order chi connectivity index (χ1) is 5.08. The van der Waals surface area contributed by atoms with Crippen LogP contribution < -0.4 is 21.7 Å². The van der Waals surface area contributed by atoms with Crippen molar-refractivity contribution in [1.82, 2.24) is 16.0 Å². The smallest absolute Gasteiger partial charge is 0.0608 e. The van der Waals surface area contributed by atoms with E-state index >= 15 is 0 Å². The van der Waals surface area contributed by atoms with E-state index in [1.165, 1.54) is 0 Å². The molecule has 0 amide bonds. The molecule has 0 bridgehead atoms. The van der Waals surface area contributed by atoms with Crippen molar-refractivity contribution in [3.05, 3.63) is 0 Å². The lowest BCUT2D eigenvalue weighted by Gasteiger charge is -2.31. The molecular formula is C7H18N4. The van der Waals surface area contributed by atoms with Gasteiger partial charge in [-0.3, -0.25) is 16.0 Å². The average Bonchev–Trinajstić information content (AvgIpc) is 1.85. The van der Waals surface area contributed by atoms with E-state index in [2.05, 4.69) is 16.0 Å². The largest absolute Gasteiger partial charge is 0.325 e. The molecule has 0 aromatic carbocycles. The molecule has 0 aliphatic carbocycles. The minimum Gasteiger partial charge on any atom is -0.325 e. The molecule has 0 radical (unpaired) electrons. The van der Waals surface area contributed by atoms with Gasteiger partial charge in [0, 0.05) is 18.9 Å². The van der Waals surface area contributed by atoms with E-state index in [1.54, 1.807) is 0 Å². The van der Waals surface area contributed by atoms with E-state index < -0.39 is 0 Å². The third-order valence-corrected chi connectivity index (χ3v) is 1.68. The lowest BCUT2D eigenvalue weighted by molar-refractivity contribution is 0.277. The molecule has 0 atom stereocenters. The lowest BCUT2D eigenvalue weighted by Crippen LogP contribution is -2.58. The van der Waals surface area contributed by atoms with Gasteiger partial charge in [-0.15, -0.1) is 0 Å². The Morgan fingerprint density at radius 2 is 1.91 bits per heavy atom. The fourth-order valence-corrected chi connectivity index (χ4v) is 1.20. The van der Waals surface area contributed by atoms with E-state index in [0.29, 0.717) is 6.17 Å². The van der Waals surface area contributed by atoms with Crippen LogP contribution in [-0.2, 0) is 0 Å². The number of hydrogen-bond donors (Lipinski definition) is 4. The predicted octanol–water partition coefficient (Wildman–Crippen LogP) is -0.863. The molecule has 0 aromatic rings. The van der Waals surface area contributed by atoms with Crippen molar-refractivity contribution in [3.63, 3.8) is 0 Å². The molecule has 4 heteroatoms.